The summed E-state index contributed by atoms with van der Waals surface area (Å²) >= 11 is 0. The minimum Gasteiger partial charge on any atom is -0.380 e. The lowest BCUT2D eigenvalue weighted by atomic mass is 9.96. The fourth-order valence-electron chi connectivity index (χ4n) is 2.57. The summed E-state index contributed by atoms with van der Waals surface area (Å²) in [4.78, 5) is 23.9. The molecule has 0 aliphatic heterocycles. The molecule has 0 radical (unpaired) electrons. The number of methoxy groups -OCH3 is 1. The van der Waals surface area contributed by atoms with Crippen LogP contribution in [0.25, 0.3) is 11.1 Å². The number of amides is 1. The molecule has 0 aliphatic rings. The highest BCUT2D eigenvalue weighted by molar-refractivity contribution is 6.01. The topological polar surface area (TPSA) is 55.4 Å². The van der Waals surface area contributed by atoms with Crippen molar-refractivity contribution >= 4 is 11.7 Å². The number of benzene rings is 2. The largest absolute Gasteiger partial charge is 0.380 e. The van der Waals surface area contributed by atoms with Gasteiger partial charge in [0, 0.05) is 24.8 Å². The zero-order chi connectivity index (χ0) is 18.4. The molecule has 0 heterocycles. The van der Waals surface area contributed by atoms with E-state index in [-0.39, 0.29) is 17.8 Å². The molecule has 5 heteroatoms. The molecule has 0 bridgehead atoms. The Kier molecular flexibility index (Phi) is 6.42. The van der Waals surface area contributed by atoms with E-state index in [2.05, 4.69) is 5.32 Å². The smallest absolute Gasteiger partial charge is 0.251 e. The maximum absolute atomic E-state index is 13.6. The van der Waals surface area contributed by atoms with Gasteiger partial charge in [0.25, 0.3) is 5.91 Å². The molecule has 132 valence electrons. The summed E-state index contributed by atoms with van der Waals surface area (Å²) < 4.78 is 18.8. The van der Waals surface area contributed by atoms with Crippen molar-refractivity contribution in [1.82, 2.24) is 5.32 Å². The molecule has 2 aromatic rings. The minimum atomic E-state index is -0.410. The SMILES string of the molecule is CCC(CNC(=O)c1ccc(-c2cc(F)ccc2C(C)=O)cc1)OC. The lowest BCUT2D eigenvalue weighted by molar-refractivity contribution is 0.0815. The van der Waals surface area contributed by atoms with Crippen LogP contribution in [0.15, 0.2) is 42.5 Å². The van der Waals surface area contributed by atoms with Gasteiger partial charge in [-0.3, -0.25) is 9.59 Å². The molecule has 4 nitrogen and oxygen atoms in total. The van der Waals surface area contributed by atoms with E-state index < -0.39 is 5.82 Å². The van der Waals surface area contributed by atoms with Gasteiger partial charge in [0.05, 0.1) is 6.10 Å². The van der Waals surface area contributed by atoms with Crippen LogP contribution >= 0.6 is 0 Å². The van der Waals surface area contributed by atoms with E-state index in [4.69, 9.17) is 4.74 Å². The average molecular weight is 343 g/mol. The Morgan fingerprint density at radius 2 is 1.84 bits per heavy atom. The van der Waals surface area contributed by atoms with Gasteiger partial charge in [-0.15, -0.1) is 0 Å². The first kappa shape index (κ1) is 18.8. The molecule has 25 heavy (non-hydrogen) atoms. The monoisotopic (exact) mass is 343 g/mol. The molecule has 0 saturated heterocycles. The molecule has 2 aromatic carbocycles. The fourth-order valence-corrected chi connectivity index (χ4v) is 2.57. The first-order chi connectivity index (χ1) is 12.0. The van der Waals surface area contributed by atoms with E-state index in [1.807, 2.05) is 6.92 Å². The Labute approximate surface area is 147 Å². The number of nitrogens with one attached hydrogen (secondary N) is 1. The number of ether oxygens (including phenoxy) is 1. The number of halogens is 1. The number of hydrogen-bond acceptors (Lipinski definition) is 3. The Morgan fingerprint density at radius 3 is 2.40 bits per heavy atom. The summed E-state index contributed by atoms with van der Waals surface area (Å²) in [5.74, 6) is -0.748. The first-order valence-electron chi connectivity index (χ1n) is 8.18. The molecule has 2 rings (SSSR count). The van der Waals surface area contributed by atoms with Gasteiger partial charge < -0.3 is 10.1 Å². The highest BCUT2D eigenvalue weighted by atomic mass is 19.1. The van der Waals surface area contributed by atoms with Gasteiger partial charge in [0.1, 0.15) is 5.82 Å². The van der Waals surface area contributed by atoms with Crippen molar-refractivity contribution < 1.29 is 18.7 Å². The van der Waals surface area contributed by atoms with E-state index in [0.717, 1.165) is 6.42 Å². The zero-order valence-corrected chi connectivity index (χ0v) is 14.6. The maximum atomic E-state index is 13.6. The standard InChI is InChI=1S/C20H22FNO3/c1-4-17(25-3)12-22-20(24)15-7-5-14(6-8-15)19-11-16(21)9-10-18(19)13(2)23/h5-11,17H,4,12H2,1-3H3,(H,22,24). The van der Waals surface area contributed by atoms with E-state index in [1.165, 1.54) is 25.1 Å². The van der Waals surface area contributed by atoms with Crippen molar-refractivity contribution in [2.75, 3.05) is 13.7 Å². The molecule has 1 atom stereocenters. The number of carbonyl (C=O) groups is 2. The van der Waals surface area contributed by atoms with E-state index >= 15 is 0 Å². The second-order valence-corrected chi connectivity index (χ2v) is 5.80. The Bertz CT molecular complexity index is 752. The van der Waals surface area contributed by atoms with Gasteiger partial charge in [-0.25, -0.2) is 4.39 Å². The van der Waals surface area contributed by atoms with E-state index in [0.29, 0.717) is 28.8 Å². The Morgan fingerprint density at radius 1 is 1.16 bits per heavy atom. The minimum absolute atomic E-state index is 0.0198. The molecule has 1 amide bonds. The predicted molar refractivity (Wildman–Crippen MR) is 95.3 cm³/mol. The summed E-state index contributed by atoms with van der Waals surface area (Å²) in [6.45, 7) is 3.87. The highest BCUT2D eigenvalue weighted by Gasteiger charge is 2.13. The van der Waals surface area contributed by atoms with Crippen molar-refractivity contribution in [3.05, 3.63) is 59.4 Å². The number of ketones is 1. The van der Waals surface area contributed by atoms with Gasteiger partial charge in [-0.05, 0) is 54.8 Å². The number of hydrogen-bond donors (Lipinski definition) is 1. The van der Waals surface area contributed by atoms with Gasteiger partial charge in [0.2, 0.25) is 0 Å². The van der Waals surface area contributed by atoms with Crippen LogP contribution in [0.1, 0.15) is 41.0 Å². The van der Waals surface area contributed by atoms with E-state index in [9.17, 15) is 14.0 Å². The third-order valence-electron chi connectivity index (χ3n) is 4.10. The van der Waals surface area contributed by atoms with Crippen LogP contribution in [0.4, 0.5) is 4.39 Å². The summed E-state index contributed by atoms with van der Waals surface area (Å²) in [5.41, 5.74) is 2.15. The summed E-state index contributed by atoms with van der Waals surface area (Å²) in [5, 5.41) is 2.82. The summed E-state index contributed by atoms with van der Waals surface area (Å²) in [6.07, 6.45) is 0.789. The summed E-state index contributed by atoms with van der Waals surface area (Å²) in [7, 11) is 1.61. The third-order valence-corrected chi connectivity index (χ3v) is 4.10. The average Bonchev–Trinajstić information content (AvgIpc) is 2.62. The van der Waals surface area contributed by atoms with Gasteiger partial charge in [-0.2, -0.15) is 0 Å². The van der Waals surface area contributed by atoms with Gasteiger partial charge in [-0.1, -0.05) is 19.1 Å². The van der Waals surface area contributed by atoms with Crippen molar-refractivity contribution in [3.8, 4) is 11.1 Å². The number of rotatable bonds is 7. The van der Waals surface area contributed by atoms with Crippen LogP contribution in [0.3, 0.4) is 0 Å². The van der Waals surface area contributed by atoms with Crippen molar-refractivity contribution in [1.29, 1.82) is 0 Å². The number of carbonyl (C=O) groups excluding carboxylic acids is 2. The first-order valence-corrected chi connectivity index (χ1v) is 8.18. The predicted octanol–water partition coefficient (Wildman–Crippen LogP) is 3.85. The highest BCUT2D eigenvalue weighted by Crippen LogP contribution is 2.25. The molecule has 0 aliphatic carbocycles. The molecular weight excluding hydrogens is 321 g/mol. The molecular formula is C20H22FNO3. The molecule has 1 N–H and O–H groups in total. The number of Topliss-reactive ketones (excluding diaryl/α,β-unsaturated/α-hetero) is 1. The van der Waals surface area contributed by atoms with Gasteiger partial charge in [0.15, 0.2) is 5.78 Å². The molecule has 0 fully saturated rings. The van der Waals surface area contributed by atoms with Crippen LogP contribution < -0.4 is 5.32 Å². The molecule has 1 unspecified atom stereocenters. The molecule has 0 saturated carbocycles. The lowest BCUT2D eigenvalue weighted by Crippen LogP contribution is -2.32. The quantitative estimate of drug-likeness (QED) is 0.777. The molecule has 0 aromatic heterocycles. The molecule has 0 spiro atoms. The van der Waals surface area contributed by atoms with Crippen LogP contribution in [0.5, 0.6) is 0 Å². The fraction of sp³-hybridized carbons (Fsp3) is 0.300. The van der Waals surface area contributed by atoms with Crippen LogP contribution in [0.2, 0.25) is 0 Å². The van der Waals surface area contributed by atoms with Gasteiger partial charge >= 0.3 is 0 Å². The second kappa shape index (κ2) is 8.53. The Balaban J connectivity index is 2.19. The van der Waals surface area contributed by atoms with Crippen molar-refractivity contribution in [3.63, 3.8) is 0 Å². The Hall–Kier alpha value is -2.53. The van der Waals surface area contributed by atoms with Crippen molar-refractivity contribution in [2.45, 2.75) is 26.4 Å². The lowest BCUT2D eigenvalue weighted by Gasteiger charge is -2.14. The van der Waals surface area contributed by atoms with Crippen LogP contribution in [0, 0.1) is 5.82 Å². The van der Waals surface area contributed by atoms with Crippen molar-refractivity contribution in [2.24, 2.45) is 0 Å². The van der Waals surface area contributed by atoms with Crippen LogP contribution in [-0.4, -0.2) is 31.4 Å². The summed E-state index contributed by atoms with van der Waals surface area (Å²) in [6, 6.07) is 10.8. The second-order valence-electron chi connectivity index (χ2n) is 5.80. The van der Waals surface area contributed by atoms with Crippen LogP contribution in [-0.2, 0) is 4.74 Å². The zero-order valence-electron chi connectivity index (χ0n) is 14.6. The normalized spacial score (nSPS) is 11.8. The van der Waals surface area contributed by atoms with E-state index in [1.54, 1.807) is 31.4 Å². The maximum Gasteiger partial charge on any atom is 0.251 e. The third kappa shape index (κ3) is 4.73.